The van der Waals surface area contributed by atoms with Crippen LogP contribution >= 0.6 is 15.9 Å². The molecule has 0 saturated heterocycles. The number of unbranched alkanes of at least 4 members (excludes halogenated alkanes) is 10. The zero-order chi connectivity index (χ0) is 24.2. The number of rotatable bonds is 19. The number of carbonyl (C=O) groups is 2. The Labute approximate surface area is 208 Å². The second-order valence-corrected chi connectivity index (χ2v) is 9.30. The standard InChI is InChI=1S/C26H42BrN3O3/c1-3-5-6-7-8-9-10-11-12-13-14-15-25(31)28-21-26(32)30-29-20-22-19-23(27)16-17-24(22)33-18-4-2/h16-17,19-20H,3-15,18,21H2,1-2H3,(H,28,31)(H,30,32)/b29-20+. The zero-order valence-electron chi connectivity index (χ0n) is 20.5. The van der Waals surface area contributed by atoms with Crippen LogP contribution in [0.3, 0.4) is 0 Å². The van der Waals surface area contributed by atoms with Crippen LogP contribution in [0.2, 0.25) is 0 Å². The number of carbonyl (C=O) groups excluding carboxylic acids is 2. The van der Waals surface area contributed by atoms with Crippen LogP contribution in [0.15, 0.2) is 27.8 Å². The van der Waals surface area contributed by atoms with Gasteiger partial charge in [-0.25, -0.2) is 5.43 Å². The van der Waals surface area contributed by atoms with Crippen molar-refractivity contribution in [3.05, 3.63) is 28.2 Å². The van der Waals surface area contributed by atoms with Crippen LogP contribution in [0.4, 0.5) is 0 Å². The maximum absolute atomic E-state index is 11.9. The van der Waals surface area contributed by atoms with Crippen LogP contribution in [-0.2, 0) is 9.59 Å². The molecule has 1 aromatic rings. The lowest BCUT2D eigenvalue weighted by molar-refractivity contribution is -0.126. The van der Waals surface area contributed by atoms with Gasteiger partial charge >= 0.3 is 0 Å². The molecule has 0 atom stereocenters. The van der Waals surface area contributed by atoms with E-state index >= 15 is 0 Å². The molecule has 0 saturated carbocycles. The molecule has 6 nitrogen and oxygen atoms in total. The van der Waals surface area contributed by atoms with Crippen molar-refractivity contribution >= 4 is 34.0 Å². The van der Waals surface area contributed by atoms with E-state index in [9.17, 15) is 9.59 Å². The monoisotopic (exact) mass is 523 g/mol. The van der Waals surface area contributed by atoms with E-state index in [0.29, 0.717) is 18.8 Å². The molecule has 0 aliphatic rings. The normalized spacial score (nSPS) is 11.0. The van der Waals surface area contributed by atoms with Gasteiger partial charge in [0.2, 0.25) is 5.91 Å². The van der Waals surface area contributed by atoms with Crippen molar-refractivity contribution in [1.29, 1.82) is 0 Å². The van der Waals surface area contributed by atoms with E-state index in [-0.39, 0.29) is 18.4 Å². The molecule has 0 fully saturated rings. The molecule has 7 heteroatoms. The zero-order valence-corrected chi connectivity index (χ0v) is 22.1. The van der Waals surface area contributed by atoms with Gasteiger partial charge in [-0.05, 0) is 31.0 Å². The molecular weight excluding hydrogens is 482 g/mol. The summed E-state index contributed by atoms with van der Waals surface area (Å²) >= 11 is 3.43. The van der Waals surface area contributed by atoms with E-state index in [1.54, 1.807) is 6.21 Å². The first kappa shape index (κ1) is 29.1. The van der Waals surface area contributed by atoms with Gasteiger partial charge in [-0.2, -0.15) is 5.10 Å². The molecular formula is C26H42BrN3O3. The number of hydrazone groups is 1. The van der Waals surface area contributed by atoms with Gasteiger partial charge in [-0.1, -0.05) is 94.0 Å². The van der Waals surface area contributed by atoms with Crippen molar-refractivity contribution in [3.8, 4) is 5.75 Å². The molecule has 0 aromatic heterocycles. The second kappa shape index (κ2) is 19.6. The largest absolute Gasteiger partial charge is 0.493 e. The quantitative estimate of drug-likeness (QED) is 0.123. The van der Waals surface area contributed by atoms with E-state index < -0.39 is 0 Å². The summed E-state index contributed by atoms with van der Waals surface area (Å²) in [6.45, 7) is 4.82. The van der Waals surface area contributed by atoms with Gasteiger partial charge < -0.3 is 10.1 Å². The summed E-state index contributed by atoms with van der Waals surface area (Å²) in [6.07, 6.45) is 16.6. The van der Waals surface area contributed by atoms with E-state index in [0.717, 1.165) is 29.3 Å². The average molecular weight is 525 g/mol. The summed E-state index contributed by atoms with van der Waals surface area (Å²) in [6, 6.07) is 5.62. The van der Waals surface area contributed by atoms with Crippen LogP contribution < -0.4 is 15.5 Å². The highest BCUT2D eigenvalue weighted by atomic mass is 79.9. The molecule has 2 amide bonds. The Morgan fingerprint density at radius 3 is 2.18 bits per heavy atom. The minimum Gasteiger partial charge on any atom is -0.493 e. The van der Waals surface area contributed by atoms with Crippen LogP contribution in [0, 0.1) is 0 Å². The molecule has 0 bridgehead atoms. The van der Waals surface area contributed by atoms with Crippen molar-refractivity contribution in [2.45, 2.75) is 97.3 Å². The highest BCUT2D eigenvalue weighted by molar-refractivity contribution is 9.10. The molecule has 33 heavy (non-hydrogen) atoms. The molecule has 0 unspecified atom stereocenters. The highest BCUT2D eigenvalue weighted by Gasteiger charge is 2.06. The van der Waals surface area contributed by atoms with Crippen LogP contribution in [0.1, 0.15) is 103 Å². The SMILES string of the molecule is CCCCCCCCCCCCCC(=O)NCC(=O)N/N=C/c1cc(Br)ccc1OCCC. The van der Waals surface area contributed by atoms with Crippen LogP contribution in [0.25, 0.3) is 0 Å². The van der Waals surface area contributed by atoms with E-state index in [2.05, 4.69) is 38.7 Å². The van der Waals surface area contributed by atoms with Crippen molar-refractivity contribution in [1.82, 2.24) is 10.7 Å². The summed E-state index contributed by atoms with van der Waals surface area (Å²) in [5.41, 5.74) is 3.21. The first-order valence-electron chi connectivity index (χ1n) is 12.6. The first-order chi connectivity index (χ1) is 16.1. The summed E-state index contributed by atoms with van der Waals surface area (Å²) < 4.78 is 6.58. The van der Waals surface area contributed by atoms with E-state index in [1.807, 2.05) is 25.1 Å². The summed E-state index contributed by atoms with van der Waals surface area (Å²) in [7, 11) is 0. The fourth-order valence-electron chi connectivity index (χ4n) is 3.39. The number of halogens is 1. The molecule has 2 N–H and O–H groups in total. The number of hydrogen-bond acceptors (Lipinski definition) is 4. The lowest BCUT2D eigenvalue weighted by Gasteiger charge is -2.08. The predicted octanol–water partition coefficient (Wildman–Crippen LogP) is 6.51. The van der Waals surface area contributed by atoms with E-state index in [4.69, 9.17) is 4.74 Å². The van der Waals surface area contributed by atoms with Gasteiger partial charge in [0.1, 0.15) is 5.75 Å². The fraction of sp³-hybridized carbons (Fsp3) is 0.654. The van der Waals surface area contributed by atoms with Crippen LogP contribution in [-0.4, -0.2) is 31.2 Å². The molecule has 0 aliphatic heterocycles. The Balaban J connectivity index is 2.12. The number of nitrogens with one attached hydrogen (secondary N) is 2. The maximum atomic E-state index is 11.9. The minimum atomic E-state index is -0.357. The first-order valence-corrected chi connectivity index (χ1v) is 13.4. The van der Waals surface area contributed by atoms with Crippen molar-refractivity contribution < 1.29 is 14.3 Å². The smallest absolute Gasteiger partial charge is 0.259 e. The van der Waals surface area contributed by atoms with Gasteiger partial charge in [0, 0.05) is 16.5 Å². The molecule has 0 radical (unpaired) electrons. The number of amides is 2. The summed E-state index contributed by atoms with van der Waals surface area (Å²) in [5, 5.41) is 6.64. The minimum absolute atomic E-state index is 0.0775. The van der Waals surface area contributed by atoms with Crippen molar-refractivity contribution in [2.75, 3.05) is 13.2 Å². The number of hydrogen-bond donors (Lipinski definition) is 2. The maximum Gasteiger partial charge on any atom is 0.259 e. The average Bonchev–Trinajstić information content (AvgIpc) is 2.80. The molecule has 0 spiro atoms. The molecule has 1 aromatic carbocycles. The third kappa shape index (κ3) is 15.6. The number of nitrogens with zero attached hydrogens (tertiary/aromatic N) is 1. The molecule has 1 rings (SSSR count). The number of ether oxygens (including phenoxy) is 1. The number of benzene rings is 1. The van der Waals surface area contributed by atoms with Gasteiger partial charge in [0.05, 0.1) is 19.4 Å². The topological polar surface area (TPSA) is 79.8 Å². The van der Waals surface area contributed by atoms with Gasteiger partial charge in [-0.3, -0.25) is 9.59 Å². The second-order valence-electron chi connectivity index (χ2n) is 8.39. The Kier molecular flexibility index (Phi) is 17.3. The fourth-order valence-corrected chi connectivity index (χ4v) is 3.77. The van der Waals surface area contributed by atoms with Gasteiger partial charge in [0.25, 0.3) is 5.91 Å². The molecule has 0 aliphatic carbocycles. The Bertz CT molecular complexity index is 710. The third-order valence-corrected chi connectivity index (χ3v) is 5.77. The third-order valence-electron chi connectivity index (χ3n) is 5.28. The van der Waals surface area contributed by atoms with Crippen molar-refractivity contribution in [2.24, 2.45) is 5.10 Å². The highest BCUT2D eigenvalue weighted by Crippen LogP contribution is 2.22. The lowest BCUT2D eigenvalue weighted by Crippen LogP contribution is -2.34. The van der Waals surface area contributed by atoms with Crippen molar-refractivity contribution in [3.63, 3.8) is 0 Å². The van der Waals surface area contributed by atoms with Gasteiger partial charge in [-0.15, -0.1) is 0 Å². The van der Waals surface area contributed by atoms with E-state index in [1.165, 1.54) is 57.8 Å². The van der Waals surface area contributed by atoms with Gasteiger partial charge in [0.15, 0.2) is 0 Å². The summed E-state index contributed by atoms with van der Waals surface area (Å²) in [4.78, 5) is 23.9. The summed E-state index contributed by atoms with van der Waals surface area (Å²) in [5.74, 6) is 0.259. The Hall–Kier alpha value is -1.89. The lowest BCUT2D eigenvalue weighted by atomic mass is 10.1. The van der Waals surface area contributed by atoms with Crippen LogP contribution in [0.5, 0.6) is 5.75 Å². The molecule has 0 heterocycles. The molecule has 186 valence electrons. The Morgan fingerprint density at radius 2 is 1.55 bits per heavy atom. The Morgan fingerprint density at radius 1 is 0.909 bits per heavy atom. The predicted molar refractivity (Wildman–Crippen MR) is 140 cm³/mol.